The van der Waals surface area contributed by atoms with Crippen molar-refractivity contribution in [1.82, 2.24) is 5.32 Å². The zero-order valence-electron chi connectivity index (χ0n) is 46.5. The van der Waals surface area contributed by atoms with Crippen molar-refractivity contribution in [3.63, 3.8) is 0 Å². The molecule has 3 atom stereocenters. The van der Waals surface area contributed by atoms with Gasteiger partial charge >= 0.3 is 0 Å². The number of aliphatic hydroxyl groups excluding tert-OH is 3. The van der Waals surface area contributed by atoms with Gasteiger partial charge in [-0.2, -0.15) is 0 Å². The van der Waals surface area contributed by atoms with Crippen LogP contribution in [0.5, 0.6) is 0 Å². The highest BCUT2D eigenvalue weighted by Crippen LogP contribution is 2.17. The van der Waals surface area contributed by atoms with Gasteiger partial charge in [0.15, 0.2) is 0 Å². The molecule has 0 bridgehead atoms. The van der Waals surface area contributed by atoms with Crippen LogP contribution in [0.3, 0.4) is 0 Å². The number of hydrogen-bond acceptors (Lipinski definition) is 4. The molecular weight excluding hydrogens is 847 g/mol. The summed E-state index contributed by atoms with van der Waals surface area (Å²) in [6, 6.07) is -0.764. The van der Waals surface area contributed by atoms with Crippen molar-refractivity contribution in [3.8, 4) is 0 Å². The molecule has 0 saturated carbocycles. The lowest BCUT2D eigenvalue weighted by molar-refractivity contribution is -0.124. The van der Waals surface area contributed by atoms with Crippen molar-refractivity contribution < 1.29 is 20.1 Å². The van der Waals surface area contributed by atoms with Crippen molar-refractivity contribution in [2.45, 2.75) is 347 Å². The third-order valence-electron chi connectivity index (χ3n) is 14.3. The van der Waals surface area contributed by atoms with E-state index in [9.17, 15) is 20.1 Å². The molecule has 5 nitrogen and oxygen atoms in total. The maximum atomic E-state index is 12.5. The molecule has 5 heteroatoms. The summed E-state index contributed by atoms with van der Waals surface area (Å²) in [7, 11) is 0. The van der Waals surface area contributed by atoms with Crippen LogP contribution < -0.4 is 5.32 Å². The van der Waals surface area contributed by atoms with Crippen LogP contribution in [0.25, 0.3) is 0 Å². The Bertz CT molecular complexity index is 1110. The first-order chi connectivity index (χ1) is 34.0. The van der Waals surface area contributed by atoms with Crippen LogP contribution in [-0.2, 0) is 4.79 Å². The van der Waals surface area contributed by atoms with Crippen LogP contribution in [0.1, 0.15) is 328 Å². The fourth-order valence-corrected chi connectivity index (χ4v) is 9.63. The van der Waals surface area contributed by atoms with E-state index in [1.165, 1.54) is 263 Å². The van der Waals surface area contributed by atoms with Crippen molar-refractivity contribution in [3.05, 3.63) is 48.6 Å². The van der Waals surface area contributed by atoms with Gasteiger partial charge in [0, 0.05) is 0 Å². The summed E-state index contributed by atoms with van der Waals surface area (Å²) in [5.41, 5.74) is 0. The second-order valence-corrected chi connectivity index (χ2v) is 21.3. The molecule has 0 heterocycles. The molecular formula is C64H121NO4. The molecule has 0 fully saturated rings. The first kappa shape index (κ1) is 67.3. The van der Waals surface area contributed by atoms with Gasteiger partial charge in [0.25, 0.3) is 0 Å². The van der Waals surface area contributed by atoms with E-state index < -0.39 is 18.2 Å². The van der Waals surface area contributed by atoms with E-state index >= 15 is 0 Å². The van der Waals surface area contributed by atoms with Crippen LogP contribution in [0, 0.1) is 0 Å². The highest BCUT2D eigenvalue weighted by atomic mass is 16.3. The molecule has 0 rings (SSSR count). The minimum absolute atomic E-state index is 0.00559. The third-order valence-corrected chi connectivity index (χ3v) is 14.3. The molecule has 0 aliphatic heterocycles. The molecule has 3 unspecified atom stereocenters. The molecule has 0 radical (unpaired) electrons. The minimum atomic E-state index is -0.955. The molecule has 0 saturated heterocycles. The molecule has 0 aromatic rings. The van der Waals surface area contributed by atoms with E-state index in [4.69, 9.17) is 0 Å². The van der Waals surface area contributed by atoms with Crippen LogP contribution >= 0.6 is 0 Å². The van der Waals surface area contributed by atoms with Gasteiger partial charge in [-0.3, -0.25) is 4.79 Å². The van der Waals surface area contributed by atoms with Crippen molar-refractivity contribution in [1.29, 1.82) is 0 Å². The topological polar surface area (TPSA) is 89.8 Å². The van der Waals surface area contributed by atoms with Crippen LogP contribution in [0.2, 0.25) is 0 Å². The fraction of sp³-hybridized carbons (Fsp3) is 0.859. The van der Waals surface area contributed by atoms with E-state index in [2.05, 4.69) is 55.6 Å². The fourth-order valence-electron chi connectivity index (χ4n) is 9.63. The van der Waals surface area contributed by atoms with E-state index in [1.807, 2.05) is 6.08 Å². The molecule has 0 aliphatic rings. The number of carbonyl (C=O) groups is 1. The van der Waals surface area contributed by atoms with Gasteiger partial charge in [-0.15, -0.1) is 0 Å². The maximum absolute atomic E-state index is 12.5. The summed E-state index contributed by atoms with van der Waals surface area (Å²) in [6.07, 6.45) is 79.0. The molecule has 1 amide bonds. The van der Waals surface area contributed by atoms with Gasteiger partial charge in [-0.05, 0) is 64.2 Å². The summed E-state index contributed by atoms with van der Waals surface area (Å²) < 4.78 is 0. The molecule has 0 spiro atoms. The van der Waals surface area contributed by atoms with Gasteiger partial charge in [0.1, 0.15) is 0 Å². The van der Waals surface area contributed by atoms with E-state index in [1.54, 1.807) is 6.08 Å². The number of rotatable bonds is 57. The van der Waals surface area contributed by atoms with Gasteiger partial charge in [-0.1, -0.05) is 306 Å². The quantitative estimate of drug-likeness (QED) is 0.0361. The summed E-state index contributed by atoms with van der Waals surface area (Å²) in [4.78, 5) is 12.5. The largest absolute Gasteiger partial charge is 0.394 e. The summed E-state index contributed by atoms with van der Waals surface area (Å²) in [6.45, 7) is 4.24. The minimum Gasteiger partial charge on any atom is -0.394 e. The first-order valence-corrected chi connectivity index (χ1v) is 30.9. The lowest BCUT2D eigenvalue weighted by Crippen LogP contribution is -2.45. The van der Waals surface area contributed by atoms with Crippen molar-refractivity contribution in [2.24, 2.45) is 0 Å². The Morgan fingerprint density at radius 2 is 0.667 bits per heavy atom. The summed E-state index contributed by atoms with van der Waals surface area (Å²) in [5.74, 6) is -0.322. The molecule has 0 aliphatic carbocycles. The second kappa shape index (κ2) is 58.9. The summed E-state index contributed by atoms with van der Waals surface area (Å²) >= 11 is 0. The number of amides is 1. The monoisotopic (exact) mass is 968 g/mol. The Morgan fingerprint density at radius 3 is 1.01 bits per heavy atom. The van der Waals surface area contributed by atoms with Crippen LogP contribution in [-0.4, -0.2) is 46.1 Å². The molecule has 0 aromatic carbocycles. The normalized spacial score (nSPS) is 13.5. The zero-order chi connectivity index (χ0) is 50.0. The van der Waals surface area contributed by atoms with E-state index in [0.29, 0.717) is 6.42 Å². The van der Waals surface area contributed by atoms with Crippen LogP contribution in [0.15, 0.2) is 48.6 Å². The summed E-state index contributed by atoms with van der Waals surface area (Å²) in [5, 5.41) is 33.5. The van der Waals surface area contributed by atoms with Crippen LogP contribution in [0.4, 0.5) is 0 Å². The Morgan fingerprint density at radius 1 is 0.377 bits per heavy atom. The second-order valence-electron chi connectivity index (χ2n) is 21.3. The first-order valence-electron chi connectivity index (χ1n) is 30.9. The lowest BCUT2D eigenvalue weighted by atomic mass is 10.0. The predicted molar refractivity (Wildman–Crippen MR) is 305 cm³/mol. The van der Waals surface area contributed by atoms with Gasteiger partial charge < -0.3 is 20.6 Å². The average molecular weight is 969 g/mol. The molecule has 406 valence electrons. The van der Waals surface area contributed by atoms with E-state index in [-0.39, 0.29) is 18.9 Å². The Kier molecular flexibility index (Phi) is 57.4. The SMILES string of the molecule is CCCCCCCCCCC/C=C\C/C=C\CCCCCCCCCCCCCCCC(O)CC(=O)NC(CO)C(O)/C=C/CC/C=C/CCCCCCCCCCCCCCCCCCCCC. The Hall–Kier alpha value is -1.69. The number of hydrogen-bond donors (Lipinski definition) is 4. The predicted octanol–water partition coefficient (Wildman–Crippen LogP) is 19.6. The molecule has 69 heavy (non-hydrogen) atoms. The zero-order valence-corrected chi connectivity index (χ0v) is 46.5. The number of unbranched alkanes of at least 4 members (excludes halogenated alkanes) is 42. The lowest BCUT2D eigenvalue weighted by Gasteiger charge is -2.21. The Balaban J connectivity index is 3.58. The number of aliphatic hydroxyl groups is 3. The average Bonchev–Trinajstić information content (AvgIpc) is 3.35. The Labute approximate surface area is 431 Å². The smallest absolute Gasteiger partial charge is 0.222 e. The maximum Gasteiger partial charge on any atom is 0.222 e. The highest BCUT2D eigenvalue weighted by Gasteiger charge is 2.20. The van der Waals surface area contributed by atoms with Crippen molar-refractivity contribution in [2.75, 3.05) is 6.61 Å². The van der Waals surface area contributed by atoms with E-state index in [0.717, 1.165) is 38.5 Å². The molecule has 4 N–H and O–H groups in total. The van der Waals surface area contributed by atoms with Gasteiger partial charge in [0.05, 0.1) is 31.3 Å². The third kappa shape index (κ3) is 55.5. The number of allylic oxidation sites excluding steroid dienone is 7. The number of carbonyl (C=O) groups excluding carboxylic acids is 1. The van der Waals surface area contributed by atoms with Gasteiger partial charge in [0.2, 0.25) is 5.91 Å². The standard InChI is InChI=1S/C64H121NO4/c1-3-5-7-9-11-13-15-17-19-21-23-25-27-29-30-31-32-34-35-37-39-41-43-45-47-49-51-53-55-57-61(67)59-64(69)65-62(60-66)63(68)58-56-54-52-50-48-46-44-42-40-38-36-33-28-26-24-22-20-18-16-14-12-10-8-6-4-2/h23,25,29-30,48,50,56,58,61-63,66-68H,3-22,24,26-28,31-47,49,51-55,57,59-60H2,1-2H3,(H,65,69)/b25-23-,30-29-,50-48+,58-56+. The highest BCUT2D eigenvalue weighted by molar-refractivity contribution is 5.76. The molecule has 0 aromatic heterocycles. The number of nitrogens with one attached hydrogen (secondary N) is 1. The van der Waals surface area contributed by atoms with Crippen molar-refractivity contribution >= 4 is 5.91 Å². The van der Waals surface area contributed by atoms with Gasteiger partial charge in [-0.25, -0.2) is 0 Å².